The molecule has 4 rings (SSSR count). The third kappa shape index (κ3) is 4.08. The number of fused-ring (bicyclic) bond motifs is 1. The molecule has 0 N–H and O–H groups in total. The summed E-state index contributed by atoms with van der Waals surface area (Å²) in [6.45, 7) is 3.92. The van der Waals surface area contributed by atoms with Crippen LogP contribution in [0.4, 0.5) is 0 Å². The minimum atomic E-state index is 0.00157. The van der Waals surface area contributed by atoms with E-state index in [4.69, 9.17) is 14.5 Å². The molecule has 1 saturated heterocycles. The van der Waals surface area contributed by atoms with Crippen LogP contribution in [0.1, 0.15) is 25.3 Å². The lowest BCUT2D eigenvalue weighted by molar-refractivity contribution is 0.0937. The number of hydrogen-bond acceptors (Lipinski definition) is 5. The second kappa shape index (κ2) is 8.80. The van der Waals surface area contributed by atoms with Crippen molar-refractivity contribution in [1.82, 2.24) is 9.55 Å². The van der Waals surface area contributed by atoms with Crippen molar-refractivity contribution >= 4 is 22.7 Å². The molecule has 0 aliphatic carbocycles. The van der Waals surface area contributed by atoms with Crippen LogP contribution < -0.4 is 10.3 Å². The fraction of sp³-hybridized carbons (Fsp3) is 0.364. The summed E-state index contributed by atoms with van der Waals surface area (Å²) >= 11 is 1.57. The molecule has 2 aromatic carbocycles. The topological polar surface area (TPSA) is 53.3 Å². The van der Waals surface area contributed by atoms with Gasteiger partial charge in [0.15, 0.2) is 5.16 Å². The van der Waals surface area contributed by atoms with Crippen molar-refractivity contribution in [2.24, 2.45) is 0 Å². The van der Waals surface area contributed by atoms with Gasteiger partial charge < -0.3 is 9.47 Å². The van der Waals surface area contributed by atoms with Crippen molar-refractivity contribution < 1.29 is 9.47 Å². The summed E-state index contributed by atoms with van der Waals surface area (Å²) in [5.74, 6) is 1.57. The normalized spacial score (nSPS) is 16.5. The second-order valence-corrected chi connectivity index (χ2v) is 7.73. The Bertz CT molecular complexity index is 1010. The summed E-state index contributed by atoms with van der Waals surface area (Å²) < 4.78 is 13.3. The van der Waals surface area contributed by atoms with E-state index in [-0.39, 0.29) is 11.7 Å². The van der Waals surface area contributed by atoms with Crippen LogP contribution in [0.5, 0.6) is 5.75 Å². The minimum absolute atomic E-state index is 0.00157. The zero-order chi connectivity index (χ0) is 19.3. The molecule has 0 saturated carbocycles. The maximum absolute atomic E-state index is 13.1. The van der Waals surface area contributed by atoms with Crippen LogP contribution >= 0.6 is 11.8 Å². The molecule has 1 fully saturated rings. The van der Waals surface area contributed by atoms with Gasteiger partial charge in [0.1, 0.15) is 5.75 Å². The van der Waals surface area contributed by atoms with Gasteiger partial charge in [-0.3, -0.25) is 9.36 Å². The van der Waals surface area contributed by atoms with E-state index in [0.717, 1.165) is 41.4 Å². The Labute approximate surface area is 168 Å². The van der Waals surface area contributed by atoms with E-state index in [1.807, 2.05) is 49.4 Å². The van der Waals surface area contributed by atoms with Crippen LogP contribution in [0.15, 0.2) is 58.5 Å². The lowest BCUT2D eigenvalue weighted by Crippen LogP contribution is -2.28. The fourth-order valence-electron chi connectivity index (χ4n) is 3.47. The van der Waals surface area contributed by atoms with Gasteiger partial charge in [-0.05, 0) is 38.0 Å². The maximum atomic E-state index is 13.1. The molecule has 1 aromatic heterocycles. The smallest absolute Gasteiger partial charge is 0.262 e. The number of rotatable bonds is 7. The molecule has 6 heteroatoms. The van der Waals surface area contributed by atoms with E-state index >= 15 is 0 Å². The highest BCUT2D eigenvalue weighted by Crippen LogP contribution is 2.28. The number of nitrogens with zero attached hydrogens (tertiary/aromatic N) is 2. The largest absolute Gasteiger partial charge is 0.494 e. The Balaban J connectivity index is 1.67. The van der Waals surface area contributed by atoms with Crippen molar-refractivity contribution in [2.45, 2.75) is 43.3 Å². The van der Waals surface area contributed by atoms with Gasteiger partial charge in [-0.25, -0.2) is 4.98 Å². The first-order chi connectivity index (χ1) is 13.8. The van der Waals surface area contributed by atoms with Crippen molar-refractivity contribution in [2.75, 3.05) is 13.2 Å². The number of aromatic nitrogens is 2. The monoisotopic (exact) mass is 396 g/mol. The first-order valence-electron chi connectivity index (χ1n) is 9.71. The lowest BCUT2D eigenvalue weighted by atomic mass is 10.2. The highest BCUT2D eigenvalue weighted by Gasteiger charge is 2.20. The number of para-hydroxylation sites is 2. The number of thioether (sulfide) groups is 1. The summed E-state index contributed by atoms with van der Waals surface area (Å²) in [5.41, 5.74) is 1.83. The van der Waals surface area contributed by atoms with E-state index < -0.39 is 0 Å². The molecule has 5 nitrogen and oxygen atoms in total. The van der Waals surface area contributed by atoms with Crippen molar-refractivity contribution in [1.29, 1.82) is 0 Å². The Morgan fingerprint density at radius 3 is 2.86 bits per heavy atom. The Morgan fingerprint density at radius 1 is 1.21 bits per heavy atom. The van der Waals surface area contributed by atoms with Crippen LogP contribution in [-0.4, -0.2) is 28.9 Å². The molecular formula is C22H24N2O3S. The molecule has 3 aromatic rings. The standard InChI is InChI=1S/C22H24N2O3S/c1-2-26-20-12-6-3-8-16(20)15-28-22-23-19-11-5-4-10-18(19)21(25)24(22)14-17-9-7-13-27-17/h3-6,8,10-12,17H,2,7,9,13-15H2,1H3/t17-/m0/s1. The third-order valence-electron chi connectivity index (χ3n) is 4.87. The van der Waals surface area contributed by atoms with Crippen LogP contribution in [0.2, 0.25) is 0 Å². The lowest BCUT2D eigenvalue weighted by Gasteiger charge is -2.17. The summed E-state index contributed by atoms with van der Waals surface area (Å²) in [7, 11) is 0. The summed E-state index contributed by atoms with van der Waals surface area (Å²) in [5, 5.41) is 1.38. The van der Waals surface area contributed by atoms with E-state index in [1.54, 1.807) is 16.3 Å². The average molecular weight is 397 g/mol. The van der Waals surface area contributed by atoms with E-state index in [0.29, 0.717) is 24.3 Å². The van der Waals surface area contributed by atoms with Gasteiger partial charge >= 0.3 is 0 Å². The van der Waals surface area contributed by atoms with Crippen molar-refractivity contribution in [3.05, 3.63) is 64.4 Å². The van der Waals surface area contributed by atoms with Gasteiger partial charge in [0.2, 0.25) is 0 Å². The first kappa shape index (κ1) is 19.0. The predicted molar refractivity (Wildman–Crippen MR) is 112 cm³/mol. The molecule has 146 valence electrons. The second-order valence-electron chi connectivity index (χ2n) is 6.79. The number of hydrogen-bond donors (Lipinski definition) is 0. The van der Waals surface area contributed by atoms with E-state index in [9.17, 15) is 4.79 Å². The van der Waals surface area contributed by atoms with Gasteiger partial charge in [0, 0.05) is 17.9 Å². The van der Waals surface area contributed by atoms with Gasteiger partial charge in [0.25, 0.3) is 5.56 Å². The molecule has 0 radical (unpaired) electrons. The van der Waals surface area contributed by atoms with Crippen LogP contribution in [0.25, 0.3) is 10.9 Å². The highest BCUT2D eigenvalue weighted by molar-refractivity contribution is 7.98. The van der Waals surface area contributed by atoms with Crippen LogP contribution in [0, 0.1) is 0 Å². The highest BCUT2D eigenvalue weighted by atomic mass is 32.2. The maximum Gasteiger partial charge on any atom is 0.262 e. The van der Waals surface area contributed by atoms with Crippen molar-refractivity contribution in [3.63, 3.8) is 0 Å². The quantitative estimate of drug-likeness (QED) is 0.441. The van der Waals surface area contributed by atoms with E-state index in [1.165, 1.54) is 0 Å². The van der Waals surface area contributed by atoms with Gasteiger partial charge in [-0.2, -0.15) is 0 Å². The Kier molecular flexibility index (Phi) is 5.98. The number of benzene rings is 2. The molecule has 1 aliphatic rings. The van der Waals surface area contributed by atoms with Crippen molar-refractivity contribution in [3.8, 4) is 5.75 Å². The van der Waals surface area contributed by atoms with Crippen LogP contribution in [0.3, 0.4) is 0 Å². The predicted octanol–water partition coefficient (Wildman–Crippen LogP) is 4.27. The summed E-state index contributed by atoms with van der Waals surface area (Å²) in [4.78, 5) is 17.9. The Hall–Kier alpha value is -2.31. The summed E-state index contributed by atoms with van der Waals surface area (Å²) in [6.07, 6.45) is 2.11. The molecule has 0 bridgehead atoms. The van der Waals surface area contributed by atoms with Gasteiger partial charge in [-0.1, -0.05) is 42.1 Å². The SMILES string of the molecule is CCOc1ccccc1CSc1nc2ccccc2c(=O)n1C[C@@H]1CCCO1. The van der Waals surface area contributed by atoms with Gasteiger partial charge in [0.05, 0.1) is 30.2 Å². The third-order valence-corrected chi connectivity index (χ3v) is 5.89. The fourth-order valence-corrected chi connectivity index (χ4v) is 4.47. The zero-order valence-electron chi connectivity index (χ0n) is 16.0. The first-order valence-corrected chi connectivity index (χ1v) is 10.7. The number of ether oxygens (including phenoxy) is 2. The molecule has 0 amide bonds. The van der Waals surface area contributed by atoms with E-state index in [2.05, 4.69) is 6.07 Å². The minimum Gasteiger partial charge on any atom is -0.494 e. The molecular weight excluding hydrogens is 372 g/mol. The zero-order valence-corrected chi connectivity index (χ0v) is 16.8. The van der Waals surface area contributed by atoms with Gasteiger partial charge in [-0.15, -0.1) is 0 Å². The molecule has 28 heavy (non-hydrogen) atoms. The molecule has 1 aliphatic heterocycles. The van der Waals surface area contributed by atoms with Crippen LogP contribution in [-0.2, 0) is 17.0 Å². The molecule has 0 unspecified atom stereocenters. The molecule has 1 atom stereocenters. The summed E-state index contributed by atoms with van der Waals surface area (Å²) in [6, 6.07) is 15.5. The molecule has 0 spiro atoms. The average Bonchev–Trinajstić information content (AvgIpc) is 3.23. The Morgan fingerprint density at radius 2 is 2.04 bits per heavy atom. The molecule has 2 heterocycles.